The molecule has 0 unspecified atom stereocenters. The van der Waals surface area contributed by atoms with Crippen molar-refractivity contribution in [1.82, 2.24) is 4.98 Å². The summed E-state index contributed by atoms with van der Waals surface area (Å²) < 4.78 is 53.6. The molecule has 1 heterocycles. The van der Waals surface area contributed by atoms with Gasteiger partial charge in [-0.05, 0) is 48.0 Å². The SMILES string of the molecule is Fc1cccc2[nH]c(-c3ccc(OC(F)(F)F)cc3)cc12. The first-order valence-electron chi connectivity index (χ1n) is 6.06. The molecule has 0 saturated carbocycles. The molecule has 0 aliphatic carbocycles. The summed E-state index contributed by atoms with van der Waals surface area (Å²) in [5.74, 6) is -0.652. The molecule has 0 atom stereocenters. The highest BCUT2D eigenvalue weighted by Gasteiger charge is 2.30. The first-order valence-corrected chi connectivity index (χ1v) is 6.06. The molecule has 0 radical (unpaired) electrons. The monoisotopic (exact) mass is 295 g/mol. The summed E-state index contributed by atoms with van der Waals surface area (Å²) in [4.78, 5) is 3.02. The van der Waals surface area contributed by atoms with Gasteiger partial charge in [0.2, 0.25) is 0 Å². The van der Waals surface area contributed by atoms with E-state index in [1.165, 1.54) is 30.3 Å². The zero-order chi connectivity index (χ0) is 15.0. The Labute approximate surface area is 117 Å². The molecule has 0 saturated heterocycles. The van der Waals surface area contributed by atoms with Crippen molar-refractivity contribution in [3.8, 4) is 17.0 Å². The van der Waals surface area contributed by atoms with Gasteiger partial charge in [-0.15, -0.1) is 13.2 Å². The zero-order valence-corrected chi connectivity index (χ0v) is 10.5. The summed E-state index contributed by atoms with van der Waals surface area (Å²) in [6.45, 7) is 0. The van der Waals surface area contributed by atoms with Crippen LogP contribution < -0.4 is 4.74 Å². The van der Waals surface area contributed by atoms with E-state index < -0.39 is 6.36 Å². The molecule has 1 aromatic heterocycles. The van der Waals surface area contributed by atoms with Gasteiger partial charge in [-0.2, -0.15) is 0 Å². The number of halogens is 4. The van der Waals surface area contributed by atoms with Gasteiger partial charge in [-0.1, -0.05) is 6.07 Å². The number of rotatable bonds is 2. The maximum absolute atomic E-state index is 13.6. The highest BCUT2D eigenvalue weighted by atomic mass is 19.4. The lowest BCUT2D eigenvalue weighted by atomic mass is 10.1. The average molecular weight is 295 g/mol. The van der Waals surface area contributed by atoms with Crippen molar-refractivity contribution in [3.63, 3.8) is 0 Å². The lowest BCUT2D eigenvalue weighted by Gasteiger charge is -2.08. The number of hydrogen-bond donors (Lipinski definition) is 1. The fourth-order valence-electron chi connectivity index (χ4n) is 2.11. The molecule has 2 nitrogen and oxygen atoms in total. The van der Waals surface area contributed by atoms with Crippen LogP contribution in [0.15, 0.2) is 48.5 Å². The second kappa shape index (κ2) is 4.80. The van der Waals surface area contributed by atoms with Gasteiger partial charge < -0.3 is 9.72 Å². The number of fused-ring (bicyclic) bond motifs is 1. The smallest absolute Gasteiger partial charge is 0.406 e. The maximum atomic E-state index is 13.6. The summed E-state index contributed by atoms with van der Waals surface area (Å²) in [5.41, 5.74) is 1.88. The van der Waals surface area contributed by atoms with Crippen LogP contribution >= 0.6 is 0 Å². The molecule has 3 rings (SSSR count). The fraction of sp³-hybridized carbons (Fsp3) is 0.0667. The van der Waals surface area contributed by atoms with Gasteiger partial charge in [-0.25, -0.2) is 4.39 Å². The van der Waals surface area contributed by atoms with Gasteiger partial charge in [0.05, 0.1) is 0 Å². The Morgan fingerprint density at radius 1 is 0.952 bits per heavy atom. The van der Waals surface area contributed by atoms with Gasteiger partial charge >= 0.3 is 6.36 Å². The number of alkyl halides is 3. The van der Waals surface area contributed by atoms with Crippen LogP contribution in [0.2, 0.25) is 0 Å². The van der Waals surface area contributed by atoms with E-state index in [-0.39, 0.29) is 11.6 Å². The number of H-pyrrole nitrogens is 1. The molecule has 6 heteroatoms. The minimum atomic E-state index is -4.72. The lowest BCUT2D eigenvalue weighted by Crippen LogP contribution is -2.16. The quantitative estimate of drug-likeness (QED) is 0.670. The van der Waals surface area contributed by atoms with E-state index in [4.69, 9.17) is 0 Å². The van der Waals surface area contributed by atoms with Crippen LogP contribution in [-0.2, 0) is 0 Å². The molecule has 0 amide bonds. The van der Waals surface area contributed by atoms with Crippen molar-refractivity contribution < 1.29 is 22.3 Å². The summed E-state index contributed by atoms with van der Waals surface area (Å²) in [6.07, 6.45) is -4.72. The third-order valence-corrected chi connectivity index (χ3v) is 3.01. The van der Waals surface area contributed by atoms with Crippen LogP contribution in [0.5, 0.6) is 5.75 Å². The van der Waals surface area contributed by atoms with E-state index in [0.717, 1.165) is 0 Å². The van der Waals surface area contributed by atoms with Gasteiger partial charge in [0.1, 0.15) is 11.6 Å². The summed E-state index contributed by atoms with van der Waals surface area (Å²) >= 11 is 0. The molecule has 0 aliphatic heterocycles. The first-order chi connectivity index (χ1) is 9.92. The lowest BCUT2D eigenvalue weighted by molar-refractivity contribution is -0.274. The molecular formula is C15H9F4NO. The average Bonchev–Trinajstić information content (AvgIpc) is 2.83. The Kier molecular flexibility index (Phi) is 3.08. The number of aromatic nitrogens is 1. The largest absolute Gasteiger partial charge is 0.573 e. The van der Waals surface area contributed by atoms with Crippen molar-refractivity contribution in [1.29, 1.82) is 0 Å². The van der Waals surface area contributed by atoms with Gasteiger partial charge in [-0.3, -0.25) is 0 Å². The van der Waals surface area contributed by atoms with Crippen LogP contribution in [-0.4, -0.2) is 11.3 Å². The zero-order valence-electron chi connectivity index (χ0n) is 10.5. The van der Waals surface area contributed by atoms with E-state index >= 15 is 0 Å². The van der Waals surface area contributed by atoms with Gasteiger partial charge in [0.25, 0.3) is 0 Å². The Morgan fingerprint density at radius 3 is 2.29 bits per heavy atom. The van der Waals surface area contributed by atoms with Gasteiger partial charge in [0.15, 0.2) is 0 Å². The van der Waals surface area contributed by atoms with Crippen LogP contribution in [0, 0.1) is 5.82 Å². The van der Waals surface area contributed by atoms with Crippen LogP contribution in [0.25, 0.3) is 22.2 Å². The third-order valence-electron chi connectivity index (χ3n) is 3.01. The van der Waals surface area contributed by atoms with Crippen molar-refractivity contribution >= 4 is 10.9 Å². The van der Waals surface area contributed by atoms with Crippen molar-refractivity contribution in [3.05, 3.63) is 54.3 Å². The third kappa shape index (κ3) is 2.84. The highest BCUT2D eigenvalue weighted by Crippen LogP contribution is 2.28. The maximum Gasteiger partial charge on any atom is 0.573 e. The van der Waals surface area contributed by atoms with Crippen LogP contribution in [0.1, 0.15) is 0 Å². The van der Waals surface area contributed by atoms with Gasteiger partial charge in [0, 0.05) is 16.6 Å². The number of nitrogens with one attached hydrogen (secondary N) is 1. The Morgan fingerprint density at radius 2 is 1.67 bits per heavy atom. The molecular weight excluding hydrogens is 286 g/mol. The van der Waals surface area contributed by atoms with Crippen molar-refractivity contribution in [2.24, 2.45) is 0 Å². The van der Waals surface area contributed by atoms with Crippen LogP contribution in [0.3, 0.4) is 0 Å². The van der Waals surface area contributed by atoms with E-state index in [9.17, 15) is 17.6 Å². The molecule has 0 spiro atoms. The molecule has 0 bridgehead atoms. The molecule has 1 N–H and O–H groups in total. The molecule has 21 heavy (non-hydrogen) atoms. The molecule has 0 aliphatic rings. The number of ether oxygens (including phenoxy) is 1. The van der Waals surface area contributed by atoms with Crippen molar-refractivity contribution in [2.45, 2.75) is 6.36 Å². The van der Waals surface area contributed by atoms with E-state index in [2.05, 4.69) is 9.72 Å². The highest BCUT2D eigenvalue weighted by molar-refractivity contribution is 5.86. The predicted octanol–water partition coefficient (Wildman–Crippen LogP) is 4.87. The fourth-order valence-corrected chi connectivity index (χ4v) is 2.11. The Hall–Kier alpha value is -2.50. The predicted molar refractivity (Wildman–Crippen MR) is 70.4 cm³/mol. The Bertz CT molecular complexity index is 774. The Balaban J connectivity index is 1.94. The summed E-state index contributed by atoms with van der Waals surface area (Å²) in [6, 6.07) is 11.6. The van der Waals surface area contributed by atoms with E-state index in [1.54, 1.807) is 18.2 Å². The normalized spacial score (nSPS) is 11.8. The van der Waals surface area contributed by atoms with Crippen LogP contribution in [0.4, 0.5) is 17.6 Å². The van der Waals surface area contributed by atoms with E-state index in [0.29, 0.717) is 22.2 Å². The van der Waals surface area contributed by atoms with Crippen molar-refractivity contribution in [2.75, 3.05) is 0 Å². The summed E-state index contributed by atoms with van der Waals surface area (Å²) in [7, 11) is 0. The summed E-state index contributed by atoms with van der Waals surface area (Å²) in [5, 5.41) is 0.433. The van der Waals surface area contributed by atoms with E-state index in [1.807, 2.05) is 0 Å². The number of benzene rings is 2. The number of hydrogen-bond acceptors (Lipinski definition) is 1. The minimum Gasteiger partial charge on any atom is -0.406 e. The molecule has 3 aromatic rings. The second-order valence-corrected chi connectivity index (χ2v) is 4.46. The molecule has 0 fully saturated rings. The molecule has 2 aromatic carbocycles. The second-order valence-electron chi connectivity index (χ2n) is 4.46. The first kappa shape index (κ1) is 13.5. The molecule has 108 valence electrons. The topological polar surface area (TPSA) is 25.0 Å². The minimum absolute atomic E-state index is 0.298. The number of aromatic amines is 1. The standard InChI is InChI=1S/C15H9F4NO/c16-12-2-1-3-13-11(12)8-14(20-13)9-4-6-10(7-5-9)21-15(17,18)19/h1-8,20H.